The molecule has 0 spiro atoms. The zero-order valence-corrected chi connectivity index (χ0v) is 40.4. The zero-order valence-electron chi connectivity index (χ0n) is 40.4. The SMILES string of the molecule is C[C@H]1[C@H](O)[C@@H](C)\C=C/C=C/C=C/C=C/C=C/C=C/C=C/[C@H]2C[C@@H]3O[C@](O)(C[C@@H](O)C[C@@H](O)[C@H](O)CC[C@H](O)C[C@@H](O)CC(=O)O[C@H]1C)C[C@H](O)[C@H]3C(=O)NCCCCN[C@H]1[C@H](O)[C@H](O2)O[C@H](C)[C@H]1O. The van der Waals surface area contributed by atoms with Crippen LogP contribution in [0.25, 0.3) is 0 Å². The molecular weight excluding hydrogens is 897 g/mol. The second kappa shape index (κ2) is 29.2. The van der Waals surface area contributed by atoms with Crippen molar-refractivity contribution in [3.05, 3.63) is 85.1 Å². The molecular formula is C51H80N2O16. The number of aliphatic hydroxyl groups is 10. The highest BCUT2D eigenvalue weighted by atomic mass is 16.7. The van der Waals surface area contributed by atoms with Gasteiger partial charge in [-0.05, 0) is 52.5 Å². The average Bonchev–Trinajstić information content (AvgIpc) is 3.27. The lowest BCUT2D eigenvalue weighted by Gasteiger charge is -2.46. The molecule has 0 saturated carbocycles. The first-order valence-corrected chi connectivity index (χ1v) is 24.5. The van der Waals surface area contributed by atoms with Crippen molar-refractivity contribution in [1.82, 2.24) is 10.6 Å². The van der Waals surface area contributed by atoms with Crippen LogP contribution in [0.5, 0.6) is 0 Å². The lowest BCUT2D eigenvalue weighted by Crippen LogP contribution is -2.63. The summed E-state index contributed by atoms with van der Waals surface area (Å²) in [6, 6.07) is -0.805. The number of carbonyl (C=O) groups excluding carboxylic acids is 2. The number of esters is 1. The highest BCUT2D eigenvalue weighted by Crippen LogP contribution is 2.38. The summed E-state index contributed by atoms with van der Waals surface area (Å²) in [5.74, 6) is -5.40. The van der Waals surface area contributed by atoms with Gasteiger partial charge in [-0.15, -0.1) is 0 Å². The maximum Gasteiger partial charge on any atom is 0.308 e. The number of allylic oxidation sites excluding steroid dienone is 12. The number of nitrogens with one attached hydrogen (secondary N) is 2. The van der Waals surface area contributed by atoms with E-state index in [-0.39, 0.29) is 38.1 Å². The third-order valence-electron chi connectivity index (χ3n) is 13.3. The molecule has 19 atom stereocenters. The number of amides is 1. The van der Waals surface area contributed by atoms with Crippen molar-refractivity contribution in [3.63, 3.8) is 0 Å². The van der Waals surface area contributed by atoms with Crippen molar-refractivity contribution in [2.75, 3.05) is 13.1 Å². The summed E-state index contributed by atoms with van der Waals surface area (Å²) >= 11 is 0. The molecule has 4 aliphatic rings. The quantitative estimate of drug-likeness (QED) is 0.152. The van der Waals surface area contributed by atoms with E-state index in [0.29, 0.717) is 19.4 Å². The molecule has 1 amide bonds. The molecule has 3 fully saturated rings. The molecule has 0 radical (unpaired) electrons. The van der Waals surface area contributed by atoms with Crippen LogP contribution >= 0.6 is 0 Å². The number of carbonyl (C=O) groups is 2. The lowest BCUT2D eigenvalue weighted by atomic mass is 9.82. The van der Waals surface area contributed by atoms with E-state index >= 15 is 0 Å². The number of aliphatic hydroxyl groups excluding tert-OH is 9. The van der Waals surface area contributed by atoms with E-state index in [4.69, 9.17) is 18.9 Å². The summed E-state index contributed by atoms with van der Waals surface area (Å²) in [6.07, 6.45) is 7.11. The highest BCUT2D eigenvalue weighted by Gasteiger charge is 2.51. The molecule has 5 bridgehead atoms. The average molecular weight is 977 g/mol. The molecule has 4 aliphatic heterocycles. The molecule has 4 heterocycles. The first-order chi connectivity index (χ1) is 32.8. The Labute approximate surface area is 406 Å². The minimum atomic E-state index is -2.23. The van der Waals surface area contributed by atoms with Gasteiger partial charge in [-0.3, -0.25) is 9.59 Å². The fourth-order valence-electron chi connectivity index (χ4n) is 9.05. The van der Waals surface area contributed by atoms with E-state index in [1.54, 1.807) is 51.2 Å². The number of hydrogen-bond acceptors (Lipinski definition) is 17. The predicted molar refractivity (Wildman–Crippen MR) is 255 cm³/mol. The number of cyclic esters (lactones) is 1. The maximum atomic E-state index is 13.8. The first-order valence-electron chi connectivity index (χ1n) is 24.5. The number of rotatable bonds is 0. The standard InChI is InChI=1S/C51H80N2O16/c1-31-19-15-13-11-9-7-5-6-8-10-12-14-16-20-38-28-42-44(49(64)53-24-18-17-23-52-45-47(62)34(4)67-50(68-38)48(45)63)41(59)30-51(65,69-42)29-37(56)26-40(58)39(57)22-21-35(54)25-36(55)27-43(60)66-33(3)32(2)46(31)61/h5-16,19-20,31-42,44-48,50,52,54-59,61-63,65H,17-18,21-30H2,1-4H3,(H,53,64)/b6-5+,9-7+,10-8+,13-11+,14-12+,19-15-,20-16+/t31-,32+,33-,34+,35-,36+,37-,38-,39+,40+,41-,42-,44+,45+,46+,47+,48-,50-,51+/m0/s1. The topological polar surface area (TPSA) is 297 Å². The van der Waals surface area contributed by atoms with Gasteiger partial charge in [-0.25, -0.2) is 0 Å². The summed E-state index contributed by atoms with van der Waals surface area (Å²) in [4.78, 5) is 26.4. The fourth-order valence-corrected chi connectivity index (χ4v) is 9.05. The summed E-state index contributed by atoms with van der Waals surface area (Å²) in [7, 11) is 0. The van der Waals surface area contributed by atoms with Gasteiger partial charge in [0.1, 0.15) is 12.2 Å². The van der Waals surface area contributed by atoms with E-state index in [9.17, 15) is 60.7 Å². The van der Waals surface area contributed by atoms with Gasteiger partial charge in [0.15, 0.2) is 12.1 Å². The number of fused-ring (bicyclic) bond motifs is 4. The summed E-state index contributed by atoms with van der Waals surface area (Å²) in [5.41, 5.74) is 0. The van der Waals surface area contributed by atoms with Gasteiger partial charge < -0.3 is 80.6 Å². The molecule has 0 aromatic rings. The van der Waals surface area contributed by atoms with Gasteiger partial charge in [0.05, 0.1) is 85.5 Å². The summed E-state index contributed by atoms with van der Waals surface area (Å²) < 4.78 is 24.0. The van der Waals surface area contributed by atoms with Crippen LogP contribution in [0.4, 0.5) is 0 Å². The van der Waals surface area contributed by atoms with Gasteiger partial charge in [-0.1, -0.05) is 98.9 Å². The van der Waals surface area contributed by atoms with Crippen LogP contribution in [0.2, 0.25) is 0 Å². The van der Waals surface area contributed by atoms with Crippen molar-refractivity contribution in [3.8, 4) is 0 Å². The van der Waals surface area contributed by atoms with Crippen LogP contribution < -0.4 is 10.6 Å². The second-order valence-electron chi connectivity index (χ2n) is 19.1. The van der Waals surface area contributed by atoms with Crippen molar-refractivity contribution >= 4 is 11.9 Å². The van der Waals surface area contributed by atoms with Crippen LogP contribution in [0, 0.1) is 17.8 Å². The summed E-state index contributed by atoms with van der Waals surface area (Å²) in [6.45, 7) is 7.56. The van der Waals surface area contributed by atoms with Crippen LogP contribution in [0.15, 0.2) is 85.1 Å². The minimum Gasteiger partial charge on any atom is -0.462 e. The van der Waals surface area contributed by atoms with Gasteiger partial charge in [0.25, 0.3) is 0 Å². The Balaban J connectivity index is 1.59. The lowest BCUT2D eigenvalue weighted by molar-refractivity contribution is -0.307. The molecule has 18 heteroatoms. The van der Waals surface area contributed by atoms with Crippen LogP contribution in [0.1, 0.15) is 91.9 Å². The van der Waals surface area contributed by atoms with Crippen LogP contribution in [-0.2, 0) is 28.5 Å². The Kier molecular flexibility index (Phi) is 24.6. The predicted octanol–water partition coefficient (Wildman–Crippen LogP) is 1.17. The highest BCUT2D eigenvalue weighted by molar-refractivity contribution is 5.80. The molecule has 0 aromatic carbocycles. The fraction of sp³-hybridized carbons (Fsp3) is 0.686. The van der Waals surface area contributed by atoms with E-state index < -0.39 is 147 Å². The van der Waals surface area contributed by atoms with Crippen LogP contribution in [-0.4, -0.2) is 174 Å². The number of hydrogen-bond donors (Lipinski definition) is 12. The van der Waals surface area contributed by atoms with E-state index in [0.717, 1.165) is 0 Å². The third-order valence-corrected chi connectivity index (χ3v) is 13.3. The Morgan fingerprint density at radius 2 is 1.20 bits per heavy atom. The second-order valence-corrected chi connectivity index (χ2v) is 19.1. The van der Waals surface area contributed by atoms with Crippen molar-refractivity contribution in [2.45, 2.75) is 189 Å². The molecule has 0 aromatic heterocycles. The Morgan fingerprint density at radius 1 is 0.594 bits per heavy atom. The van der Waals surface area contributed by atoms with E-state index in [2.05, 4.69) is 10.6 Å². The maximum absolute atomic E-state index is 13.8. The smallest absolute Gasteiger partial charge is 0.308 e. The Morgan fingerprint density at radius 3 is 1.86 bits per heavy atom. The number of ether oxygens (including phenoxy) is 4. The molecule has 0 unspecified atom stereocenters. The normalized spacial score (nSPS) is 45.2. The molecule has 0 aliphatic carbocycles. The zero-order chi connectivity index (χ0) is 50.7. The molecule has 3 saturated heterocycles. The molecule has 12 N–H and O–H groups in total. The van der Waals surface area contributed by atoms with Gasteiger partial charge in [0, 0.05) is 44.1 Å². The van der Waals surface area contributed by atoms with Gasteiger partial charge in [-0.2, -0.15) is 0 Å². The van der Waals surface area contributed by atoms with Gasteiger partial charge in [0.2, 0.25) is 5.91 Å². The van der Waals surface area contributed by atoms with Crippen molar-refractivity contribution in [2.24, 2.45) is 17.8 Å². The third kappa shape index (κ3) is 19.3. The molecule has 18 nitrogen and oxygen atoms in total. The first kappa shape index (κ1) is 58.1. The Hall–Kier alpha value is -3.44. The minimum absolute atomic E-state index is 0.0812. The van der Waals surface area contributed by atoms with Gasteiger partial charge >= 0.3 is 5.97 Å². The molecule has 4 rings (SSSR count). The monoisotopic (exact) mass is 977 g/mol. The largest absolute Gasteiger partial charge is 0.462 e. The van der Waals surface area contributed by atoms with E-state index in [1.165, 1.54) is 0 Å². The van der Waals surface area contributed by atoms with Crippen molar-refractivity contribution < 1.29 is 79.6 Å². The molecule has 69 heavy (non-hydrogen) atoms. The Bertz CT molecular complexity index is 1770. The van der Waals surface area contributed by atoms with E-state index in [1.807, 2.05) is 61.6 Å². The summed E-state index contributed by atoms with van der Waals surface area (Å²) in [5, 5.41) is 117. The van der Waals surface area contributed by atoms with Crippen LogP contribution in [0.3, 0.4) is 0 Å². The van der Waals surface area contributed by atoms with Crippen molar-refractivity contribution in [1.29, 1.82) is 0 Å². The molecule has 390 valence electrons.